The molecule has 0 saturated heterocycles. The van der Waals surface area contributed by atoms with E-state index in [-0.39, 0.29) is 11.9 Å². The Morgan fingerprint density at radius 3 is 2.00 bits per heavy atom. The van der Waals surface area contributed by atoms with E-state index in [2.05, 4.69) is 6.07 Å². The summed E-state index contributed by atoms with van der Waals surface area (Å²) in [5, 5.41) is 10.7. The van der Waals surface area contributed by atoms with Crippen molar-refractivity contribution in [3.63, 3.8) is 0 Å². The molecule has 0 aliphatic heterocycles. The van der Waals surface area contributed by atoms with Crippen LogP contribution in [-0.4, -0.2) is 34.7 Å². The molecule has 6 heteroatoms. The molecular weight excluding hydrogens is 426 g/mol. The number of rotatable bonds is 11. The van der Waals surface area contributed by atoms with Gasteiger partial charge >= 0.3 is 0 Å². The molecular formula is C25H25NO3S2. The lowest BCUT2D eigenvalue weighted by atomic mass is 10.2. The molecule has 2 unspecified atom stereocenters. The van der Waals surface area contributed by atoms with Gasteiger partial charge in [-0.2, -0.15) is 0 Å². The number of aromatic nitrogens is 1. The first-order chi connectivity index (χ1) is 15.3. The zero-order chi connectivity index (χ0) is 21.3. The SMILES string of the molecule is OC(COCc1ccccc1)C(COCc1ccccc1)Sc1nc2ccccc2s1. The second-order valence-electron chi connectivity index (χ2n) is 7.17. The lowest BCUT2D eigenvalue weighted by Gasteiger charge is -2.21. The van der Waals surface area contributed by atoms with Gasteiger partial charge in [-0.05, 0) is 23.3 Å². The third kappa shape index (κ3) is 6.63. The van der Waals surface area contributed by atoms with Crippen molar-refractivity contribution in [2.24, 2.45) is 0 Å². The summed E-state index contributed by atoms with van der Waals surface area (Å²) in [4.78, 5) is 4.70. The Balaban J connectivity index is 1.37. The molecule has 0 aliphatic carbocycles. The van der Waals surface area contributed by atoms with E-state index < -0.39 is 6.10 Å². The highest BCUT2D eigenvalue weighted by atomic mass is 32.2. The summed E-state index contributed by atoms with van der Waals surface area (Å²) >= 11 is 3.19. The summed E-state index contributed by atoms with van der Waals surface area (Å²) in [6, 6.07) is 28.1. The van der Waals surface area contributed by atoms with Gasteiger partial charge in [0, 0.05) is 0 Å². The summed E-state index contributed by atoms with van der Waals surface area (Å²) < 4.78 is 13.8. The van der Waals surface area contributed by atoms with Gasteiger partial charge in [0.25, 0.3) is 0 Å². The first-order valence-corrected chi connectivity index (χ1v) is 11.9. The molecule has 1 heterocycles. The van der Waals surface area contributed by atoms with Crippen LogP contribution in [0.5, 0.6) is 0 Å². The number of nitrogens with zero attached hydrogens (tertiary/aromatic N) is 1. The molecule has 1 N–H and O–H groups in total. The maximum Gasteiger partial charge on any atom is 0.151 e. The number of thioether (sulfide) groups is 1. The predicted octanol–water partition coefficient (Wildman–Crippen LogP) is 5.55. The Morgan fingerprint density at radius 2 is 1.35 bits per heavy atom. The van der Waals surface area contributed by atoms with Crippen LogP contribution >= 0.6 is 23.1 Å². The largest absolute Gasteiger partial charge is 0.389 e. The molecule has 0 radical (unpaired) electrons. The van der Waals surface area contributed by atoms with Crippen molar-refractivity contribution in [2.75, 3.05) is 13.2 Å². The molecule has 0 aliphatic rings. The van der Waals surface area contributed by atoms with E-state index in [9.17, 15) is 5.11 Å². The van der Waals surface area contributed by atoms with Gasteiger partial charge in [0.2, 0.25) is 0 Å². The molecule has 0 bridgehead atoms. The van der Waals surface area contributed by atoms with Crippen LogP contribution in [0.1, 0.15) is 11.1 Å². The lowest BCUT2D eigenvalue weighted by molar-refractivity contribution is 0.00950. The van der Waals surface area contributed by atoms with Crippen molar-refractivity contribution in [1.29, 1.82) is 0 Å². The molecule has 4 aromatic rings. The highest BCUT2D eigenvalue weighted by Crippen LogP contribution is 2.33. The van der Waals surface area contributed by atoms with Crippen LogP contribution < -0.4 is 0 Å². The van der Waals surface area contributed by atoms with Crippen molar-refractivity contribution >= 4 is 33.3 Å². The number of hydrogen-bond acceptors (Lipinski definition) is 6. The maximum absolute atomic E-state index is 10.9. The number of fused-ring (bicyclic) bond motifs is 1. The molecule has 4 nitrogen and oxygen atoms in total. The molecule has 3 aromatic carbocycles. The van der Waals surface area contributed by atoms with E-state index in [0.717, 1.165) is 25.7 Å². The molecule has 1 aromatic heterocycles. The third-order valence-corrected chi connectivity index (χ3v) is 7.17. The van der Waals surface area contributed by atoms with Crippen LogP contribution in [-0.2, 0) is 22.7 Å². The van der Waals surface area contributed by atoms with Crippen LogP contribution in [0.25, 0.3) is 10.2 Å². The van der Waals surface area contributed by atoms with E-state index in [0.29, 0.717) is 19.8 Å². The summed E-state index contributed by atoms with van der Waals surface area (Å²) in [5.74, 6) is 0. The topological polar surface area (TPSA) is 51.6 Å². The number of benzene rings is 3. The second-order valence-corrected chi connectivity index (χ2v) is 9.69. The minimum absolute atomic E-state index is 0.181. The maximum atomic E-state index is 10.9. The fourth-order valence-electron chi connectivity index (χ4n) is 3.10. The number of ether oxygens (including phenoxy) is 2. The van der Waals surface area contributed by atoms with Gasteiger partial charge in [-0.3, -0.25) is 0 Å². The summed E-state index contributed by atoms with van der Waals surface area (Å²) in [7, 11) is 0. The number of hydrogen-bond donors (Lipinski definition) is 1. The highest BCUT2D eigenvalue weighted by Gasteiger charge is 2.23. The zero-order valence-corrected chi connectivity index (χ0v) is 18.7. The standard InChI is InChI=1S/C25H25NO3S2/c27-22(17-28-15-19-9-3-1-4-10-19)24(18-29-16-20-11-5-2-6-12-20)31-25-26-21-13-7-8-14-23(21)30-25/h1-14,22,24,27H,15-18H2. The van der Waals surface area contributed by atoms with Gasteiger partial charge in [0.15, 0.2) is 4.34 Å². The van der Waals surface area contributed by atoms with Crippen molar-refractivity contribution in [3.8, 4) is 0 Å². The monoisotopic (exact) mass is 451 g/mol. The summed E-state index contributed by atoms with van der Waals surface area (Å²) in [5.41, 5.74) is 3.18. The zero-order valence-electron chi connectivity index (χ0n) is 17.1. The molecule has 31 heavy (non-hydrogen) atoms. The molecule has 2 atom stereocenters. The van der Waals surface area contributed by atoms with Gasteiger partial charge in [0.1, 0.15) is 0 Å². The Hall–Kier alpha value is -2.22. The van der Waals surface area contributed by atoms with Gasteiger partial charge in [-0.25, -0.2) is 4.98 Å². The normalized spacial score (nSPS) is 13.3. The molecule has 0 amide bonds. The quantitative estimate of drug-likeness (QED) is 0.303. The van der Waals surface area contributed by atoms with Crippen LogP contribution in [0.15, 0.2) is 89.3 Å². The van der Waals surface area contributed by atoms with Gasteiger partial charge < -0.3 is 14.6 Å². The first kappa shape index (κ1) is 22.0. The Labute approximate surface area is 190 Å². The summed E-state index contributed by atoms with van der Waals surface area (Å²) in [6.45, 7) is 1.63. The average Bonchev–Trinajstić information content (AvgIpc) is 3.22. The van der Waals surface area contributed by atoms with E-state index >= 15 is 0 Å². The summed E-state index contributed by atoms with van der Waals surface area (Å²) in [6.07, 6.45) is -0.670. The Morgan fingerprint density at radius 1 is 0.774 bits per heavy atom. The van der Waals surface area contributed by atoms with Crippen LogP contribution in [0, 0.1) is 0 Å². The highest BCUT2D eigenvalue weighted by molar-refractivity contribution is 8.01. The fourth-order valence-corrected chi connectivity index (χ4v) is 5.44. The van der Waals surface area contributed by atoms with Crippen LogP contribution in [0.4, 0.5) is 0 Å². The predicted molar refractivity (Wildman–Crippen MR) is 127 cm³/mol. The molecule has 0 saturated carbocycles. The minimum atomic E-state index is -0.670. The second kappa shape index (κ2) is 11.4. The lowest BCUT2D eigenvalue weighted by Crippen LogP contribution is -2.32. The van der Waals surface area contributed by atoms with E-state index in [1.165, 1.54) is 0 Å². The average molecular weight is 452 g/mol. The molecule has 0 spiro atoms. The van der Waals surface area contributed by atoms with E-state index in [1.807, 2.05) is 78.9 Å². The van der Waals surface area contributed by atoms with E-state index in [4.69, 9.17) is 14.5 Å². The van der Waals surface area contributed by atoms with Gasteiger partial charge in [-0.15, -0.1) is 11.3 Å². The van der Waals surface area contributed by atoms with Gasteiger partial charge in [-0.1, -0.05) is 84.6 Å². The molecule has 0 fully saturated rings. The van der Waals surface area contributed by atoms with Crippen molar-refractivity contribution in [2.45, 2.75) is 28.9 Å². The molecule has 160 valence electrons. The smallest absolute Gasteiger partial charge is 0.151 e. The first-order valence-electron chi connectivity index (χ1n) is 10.2. The van der Waals surface area contributed by atoms with E-state index in [1.54, 1.807) is 23.1 Å². The number of para-hydroxylation sites is 1. The minimum Gasteiger partial charge on any atom is -0.389 e. The fraction of sp³-hybridized carbons (Fsp3) is 0.240. The number of thiazole rings is 1. The van der Waals surface area contributed by atoms with Crippen molar-refractivity contribution < 1.29 is 14.6 Å². The Bertz CT molecular complexity index is 1020. The van der Waals surface area contributed by atoms with Crippen LogP contribution in [0.3, 0.4) is 0 Å². The number of aliphatic hydroxyl groups excluding tert-OH is 1. The van der Waals surface area contributed by atoms with Crippen LogP contribution in [0.2, 0.25) is 0 Å². The van der Waals surface area contributed by atoms with Crippen molar-refractivity contribution in [1.82, 2.24) is 4.98 Å². The van der Waals surface area contributed by atoms with Crippen molar-refractivity contribution in [3.05, 3.63) is 96.1 Å². The van der Waals surface area contributed by atoms with Gasteiger partial charge in [0.05, 0.1) is 48.0 Å². The number of aliphatic hydroxyl groups is 1. The molecule has 4 rings (SSSR count). The Kier molecular flexibility index (Phi) is 8.10. The third-order valence-electron chi connectivity index (χ3n) is 4.75.